The Morgan fingerprint density at radius 1 is 1.29 bits per heavy atom. The summed E-state index contributed by atoms with van der Waals surface area (Å²) in [5, 5.41) is 19.3. The third kappa shape index (κ3) is 3.29. The largest absolute Gasteiger partial charge is 0.492 e. The lowest BCUT2D eigenvalue weighted by molar-refractivity contribution is -0.140. The zero-order chi connectivity index (χ0) is 15.6. The molecule has 0 aliphatic carbocycles. The Morgan fingerprint density at radius 2 is 1.90 bits per heavy atom. The minimum absolute atomic E-state index is 0.219. The maximum Gasteiger partial charge on any atom is 0.359 e. The summed E-state index contributed by atoms with van der Waals surface area (Å²) in [6, 6.07) is 7.25. The van der Waals surface area contributed by atoms with Crippen molar-refractivity contribution in [3.8, 4) is 11.8 Å². The number of hydrogen-bond donors (Lipinski definition) is 3. The predicted molar refractivity (Wildman–Crippen MR) is 78.9 cm³/mol. The fraction of sp³-hybridized carbons (Fsp3) is 0.0714. The number of halogens is 1. The first-order valence-corrected chi connectivity index (χ1v) is 6.32. The minimum atomic E-state index is -0.754. The van der Waals surface area contributed by atoms with Crippen molar-refractivity contribution >= 4 is 29.3 Å². The van der Waals surface area contributed by atoms with Gasteiger partial charge in [0.05, 0.1) is 0 Å². The molecule has 0 atom stereocenters. The molecule has 0 fully saturated rings. The molecule has 7 heteroatoms. The topological polar surface area (TPSA) is 97.7 Å². The van der Waals surface area contributed by atoms with Gasteiger partial charge in [0.15, 0.2) is 0 Å². The Morgan fingerprint density at radius 3 is 2.52 bits per heavy atom. The van der Waals surface area contributed by atoms with Crippen LogP contribution in [0.25, 0.3) is 6.08 Å². The number of rotatable bonds is 3. The van der Waals surface area contributed by atoms with Crippen LogP contribution in [0, 0.1) is 0 Å². The Hall–Kier alpha value is -2.60. The van der Waals surface area contributed by atoms with E-state index in [0.717, 1.165) is 0 Å². The van der Waals surface area contributed by atoms with Crippen LogP contribution < -0.4 is 10.6 Å². The van der Waals surface area contributed by atoms with Crippen molar-refractivity contribution < 1.29 is 19.8 Å². The molecule has 0 amide bonds. The number of carbonyl (C=O) groups is 1. The molecule has 1 aromatic carbocycles. The molecule has 110 valence electrons. The third-order valence-corrected chi connectivity index (χ3v) is 2.95. The van der Waals surface area contributed by atoms with Gasteiger partial charge in [-0.25, -0.2) is 4.79 Å². The quantitative estimate of drug-likeness (QED) is 0.596. The van der Waals surface area contributed by atoms with Crippen molar-refractivity contribution in [1.82, 2.24) is 4.73 Å². The third-order valence-electron chi connectivity index (χ3n) is 2.71. The van der Waals surface area contributed by atoms with E-state index in [1.807, 2.05) is 0 Å². The van der Waals surface area contributed by atoms with E-state index in [-0.39, 0.29) is 5.57 Å². The zero-order valence-electron chi connectivity index (χ0n) is 11.1. The second-order valence-electron chi connectivity index (χ2n) is 4.32. The highest BCUT2D eigenvalue weighted by atomic mass is 35.5. The molecule has 4 N–H and O–H groups in total. The second kappa shape index (κ2) is 5.80. The average molecular weight is 309 g/mol. The lowest BCUT2D eigenvalue weighted by Crippen LogP contribution is -2.19. The van der Waals surface area contributed by atoms with Crippen molar-refractivity contribution in [2.45, 2.75) is 6.92 Å². The number of nitrogens with two attached hydrogens (primary N) is 1. The highest BCUT2D eigenvalue weighted by Crippen LogP contribution is 2.22. The molecule has 0 saturated heterocycles. The molecule has 0 spiro atoms. The van der Waals surface area contributed by atoms with Crippen LogP contribution >= 0.6 is 11.6 Å². The highest BCUT2D eigenvalue weighted by Gasteiger charge is 2.14. The van der Waals surface area contributed by atoms with Crippen molar-refractivity contribution in [3.05, 3.63) is 46.5 Å². The van der Waals surface area contributed by atoms with Crippen LogP contribution in [0.5, 0.6) is 11.8 Å². The second-order valence-corrected chi connectivity index (χ2v) is 4.76. The lowest BCUT2D eigenvalue weighted by atomic mass is 10.1. The van der Waals surface area contributed by atoms with Crippen LogP contribution in [0.15, 0.2) is 35.9 Å². The molecule has 6 nitrogen and oxygen atoms in total. The molecule has 2 aromatic rings. The van der Waals surface area contributed by atoms with E-state index in [0.29, 0.717) is 21.0 Å². The smallest absolute Gasteiger partial charge is 0.359 e. The SMILES string of the molecule is CC(=Cc1cc(Cl)ccc1N)C(=O)On1c(O)ccc1O. The molecular formula is C14H13ClN2O4. The van der Waals surface area contributed by atoms with Gasteiger partial charge in [0.1, 0.15) is 0 Å². The maximum absolute atomic E-state index is 11.9. The summed E-state index contributed by atoms with van der Waals surface area (Å²) in [6.45, 7) is 1.51. The van der Waals surface area contributed by atoms with E-state index in [1.165, 1.54) is 25.1 Å². The van der Waals surface area contributed by atoms with Crippen LogP contribution in [-0.4, -0.2) is 20.9 Å². The normalized spacial score (nSPS) is 11.4. The molecule has 1 aromatic heterocycles. The summed E-state index contributed by atoms with van der Waals surface area (Å²) in [5.41, 5.74) is 7.02. The first-order chi connectivity index (χ1) is 9.88. The molecule has 0 saturated carbocycles. The molecule has 0 aliphatic heterocycles. The van der Waals surface area contributed by atoms with E-state index in [2.05, 4.69) is 0 Å². The van der Waals surface area contributed by atoms with Crippen LogP contribution in [0.3, 0.4) is 0 Å². The fourth-order valence-electron chi connectivity index (χ4n) is 1.61. The molecule has 21 heavy (non-hydrogen) atoms. The van der Waals surface area contributed by atoms with E-state index < -0.39 is 17.7 Å². The lowest BCUT2D eigenvalue weighted by Gasteiger charge is -2.07. The summed E-state index contributed by atoms with van der Waals surface area (Å²) in [5.74, 6) is -1.54. The number of nitrogen functional groups attached to an aromatic ring is 1. The van der Waals surface area contributed by atoms with Gasteiger partial charge in [-0.1, -0.05) is 11.6 Å². The molecule has 0 bridgehead atoms. The van der Waals surface area contributed by atoms with E-state index in [9.17, 15) is 15.0 Å². The van der Waals surface area contributed by atoms with Crippen molar-refractivity contribution in [2.24, 2.45) is 0 Å². The Labute approximate surface area is 125 Å². The zero-order valence-corrected chi connectivity index (χ0v) is 11.8. The number of aromatic hydroxyl groups is 2. The minimum Gasteiger partial charge on any atom is -0.492 e. The summed E-state index contributed by atoms with van der Waals surface area (Å²) >= 11 is 5.87. The Bertz CT molecular complexity index is 702. The number of anilines is 1. The number of nitrogens with zero attached hydrogens (tertiary/aromatic N) is 1. The van der Waals surface area contributed by atoms with Crippen LogP contribution in [0.4, 0.5) is 5.69 Å². The van der Waals surface area contributed by atoms with Crippen LogP contribution in [0.2, 0.25) is 5.02 Å². The summed E-state index contributed by atoms with van der Waals surface area (Å²) in [7, 11) is 0. The first-order valence-electron chi connectivity index (χ1n) is 5.94. The van der Waals surface area contributed by atoms with Crippen LogP contribution in [-0.2, 0) is 4.79 Å². The van der Waals surface area contributed by atoms with E-state index >= 15 is 0 Å². The van der Waals surface area contributed by atoms with Gasteiger partial charge in [0, 0.05) is 28.4 Å². The summed E-state index contributed by atoms with van der Waals surface area (Å²) < 4.78 is 0.612. The predicted octanol–water partition coefficient (Wildman–Crippen LogP) is 2.19. The number of hydrogen-bond acceptors (Lipinski definition) is 5. The molecule has 0 aliphatic rings. The monoisotopic (exact) mass is 308 g/mol. The number of aromatic nitrogens is 1. The van der Waals surface area contributed by atoms with Gasteiger partial charge in [0.25, 0.3) is 0 Å². The Balaban J connectivity index is 2.23. The number of carbonyl (C=O) groups excluding carboxylic acids is 1. The molecule has 2 rings (SSSR count). The van der Waals surface area contributed by atoms with Gasteiger partial charge in [-0.15, -0.1) is 4.73 Å². The molecule has 1 heterocycles. The van der Waals surface area contributed by atoms with Gasteiger partial charge in [0.2, 0.25) is 11.8 Å². The highest BCUT2D eigenvalue weighted by molar-refractivity contribution is 6.30. The van der Waals surface area contributed by atoms with Gasteiger partial charge in [-0.3, -0.25) is 0 Å². The van der Waals surface area contributed by atoms with Gasteiger partial charge in [-0.05, 0) is 36.8 Å². The van der Waals surface area contributed by atoms with E-state index in [1.54, 1.807) is 18.2 Å². The van der Waals surface area contributed by atoms with E-state index in [4.69, 9.17) is 22.2 Å². The summed E-state index contributed by atoms with van der Waals surface area (Å²) in [4.78, 5) is 16.8. The van der Waals surface area contributed by atoms with Crippen molar-refractivity contribution in [3.63, 3.8) is 0 Å². The Kier molecular flexibility index (Phi) is 4.09. The standard InChI is InChI=1S/C14H13ClN2O4/c1-8(6-9-7-10(15)2-3-11(9)16)14(20)21-17-12(18)4-5-13(17)19/h2-7,18-19H,16H2,1H3. The molecule has 0 unspecified atom stereocenters. The van der Waals surface area contributed by atoms with Crippen molar-refractivity contribution in [1.29, 1.82) is 0 Å². The maximum atomic E-state index is 11.9. The molecule has 0 radical (unpaired) electrons. The van der Waals surface area contributed by atoms with Crippen LogP contribution in [0.1, 0.15) is 12.5 Å². The van der Waals surface area contributed by atoms with Gasteiger partial charge >= 0.3 is 5.97 Å². The van der Waals surface area contributed by atoms with Gasteiger partial charge < -0.3 is 20.8 Å². The first kappa shape index (κ1) is 14.8. The fourth-order valence-corrected chi connectivity index (χ4v) is 1.79. The number of benzene rings is 1. The van der Waals surface area contributed by atoms with Gasteiger partial charge in [-0.2, -0.15) is 0 Å². The summed E-state index contributed by atoms with van der Waals surface area (Å²) in [6.07, 6.45) is 1.50. The average Bonchev–Trinajstić information content (AvgIpc) is 2.74. The molecular weight excluding hydrogens is 296 g/mol. The van der Waals surface area contributed by atoms with Crippen molar-refractivity contribution in [2.75, 3.05) is 5.73 Å².